The maximum absolute atomic E-state index is 12.6. The number of hydrogen-bond donors (Lipinski definition) is 0. The third-order valence-corrected chi connectivity index (χ3v) is 1.29. The van der Waals surface area contributed by atoms with Gasteiger partial charge in [0.05, 0.1) is 0 Å². The summed E-state index contributed by atoms with van der Waals surface area (Å²) < 4.78 is 25.2. The summed E-state index contributed by atoms with van der Waals surface area (Å²) in [6, 6.07) is -2.67. The highest BCUT2D eigenvalue weighted by Gasteiger charge is 2.35. The predicted molar refractivity (Wildman–Crippen MR) is 33.5 cm³/mol. The molecule has 0 rings (SSSR count). The molecule has 0 aromatic heterocycles. The smallest absolute Gasteiger partial charge is 0.251 e. The summed E-state index contributed by atoms with van der Waals surface area (Å²) in [6.07, 6.45) is 0. The van der Waals surface area contributed by atoms with Gasteiger partial charge in [-0.3, -0.25) is 4.90 Å². The lowest BCUT2D eigenvalue weighted by Gasteiger charge is -2.26. The van der Waals surface area contributed by atoms with Gasteiger partial charge >= 0.3 is 6.05 Å². The molecule has 3 heteroatoms. The average Bonchev–Trinajstić information content (AvgIpc) is 1.65. The molecule has 1 nitrogen and oxygen atoms in total. The molecular weight excluding hydrogens is 124 g/mol. The normalized spacial score (nSPS) is 13.3. The molecule has 0 amide bonds. The minimum Gasteiger partial charge on any atom is -0.251 e. The second kappa shape index (κ2) is 2.60. The summed E-state index contributed by atoms with van der Waals surface area (Å²) >= 11 is 0. The van der Waals surface area contributed by atoms with Crippen molar-refractivity contribution in [3.8, 4) is 0 Å². The van der Waals surface area contributed by atoms with E-state index in [-0.39, 0.29) is 0 Å². The van der Waals surface area contributed by atoms with Crippen LogP contribution in [0.4, 0.5) is 8.78 Å². The Balaban J connectivity index is 4.01. The van der Waals surface area contributed by atoms with Crippen LogP contribution < -0.4 is 0 Å². The molecule has 0 spiro atoms. The zero-order chi connectivity index (χ0) is 7.65. The Morgan fingerprint density at radius 1 is 1.22 bits per heavy atom. The van der Waals surface area contributed by atoms with Crippen molar-refractivity contribution in [2.24, 2.45) is 5.92 Å². The van der Waals surface area contributed by atoms with E-state index in [0.29, 0.717) is 0 Å². The van der Waals surface area contributed by atoms with E-state index in [4.69, 9.17) is 0 Å². The summed E-state index contributed by atoms with van der Waals surface area (Å²) in [5.41, 5.74) is 0. The molecule has 0 atom stereocenters. The van der Waals surface area contributed by atoms with E-state index >= 15 is 0 Å². The van der Waals surface area contributed by atoms with Crippen LogP contribution in [0.25, 0.3) is 0 Å². The maximum atomic E-state index is 12.6. The Morgan fingerprint density at radius 3 is 1.56 bits per heavy atom. The molecule has 0 fully saturated rings. The predicted octanol–water partition coefficient (Wildman–Crippen LogP) is 1.80. The second-order valence-electron chi connectivity index (χ2n) is 2.64. The van der Waals surface area contributed by atoms with Crippen molar-refractivity contribution in [3.05, 3.63) is 0 Å². The van der Waals surface area contributed by atoms with Gasteiger partial charge in [-0.25, -0.2) is 0 Å². The molecule has 0 aromatic rings. The quantitative estimate of drug-likeness (QED) is 0.524. The molecule has 0 saturated carbocycles. The van der Waals surface area contributed by atoms with Crippen molar-refractivity contribution in [3.63, 3.8) is 0 Å². The van der Waals surface area contributed by atoms with Crippen LogP contribution in [0.3, 0.4) is 0 Å². The van der Waals surface area contributed by atoms with Crippen LogP contribution in [-0.2, 0) is 0 Å². The maximum Gasteiger partial charge on any atom is 0.306 e. The molecular formula is C6H13F2N. The van der Waals surface area contributed by atoms with Crippen molar-refractivity contribution in [1.29, 1.82) is 0 Å². The first-order valence-electron chi connectivity index (χ1n) is 2.94. The van der Waals surface area contributed by atoms with Crippen LogP contribution in [0.15, 0.2) is 0 Å². The summed E-state index contributed by atoms with van der Waals surface area (Å²) in [4.78, 5) is 0.928. The van der Waals surface area contributed by atoms with Crippen LogP contribution in [0, 0.1) is 5.92 Å². The van der Waals surface area contributed by atoms with E-state index in [1.54, 1.807) is 0 Å². The van der Waals surface area contributed by atoms with Gasteiger partial charge in [-0.2, -0.15) is 8.78 Å². The summed E-state index contributed by atoms with van der Waals surface area (Å²) in [7, 11) is 2.75. The van der Waals surface area contributed by atoms with E-state index < -0.39 is 12.0 Å². The molecule has 0 aliphatic heterocycles. The number of rotatable bonds is 2. The van der Waals surface area contributed by atoms with Crippen LogP contribution in [0.1, 0.15) is 13.8 Å². The first-order chi connectivity index (χ1) is 3.89. The van der Waals surface area contributed by atoms with E-state index in [1.807, 2.05) is 0 Å². The lowest BCUT2D eigenvalue weighted by molar-refractivity contribution is -0.156. The van der Waals surface area contributed by atoms with Gasteiger partial charge < -0.3 is 0 Å². The molecule has 0 bridgehead atoms. The zero-order valence-corrected chi connectivity index (χ0v) is 6.28. The van der Waals surface area contributed by atoms with Crippen LogP contribution >= 0.6 is 0 Å². The number of halogens is 2. The second-order valence-corrected chi connectivity index (χ2v) is 2.64. The van der Waals surface area contributed by atoms with Crippen molar-refractivity contribution in [2.75, 3.05) is 14.1 Å². The SMILES string of the molecule is CC(C)C(F)(F)N(C)C. The highest BCUT2D eigenvalue weighted by atomic mass is 19.3. The fourth-order valence-corrected chi connectivity index (χ4v) is 0.516. The molecule has 0 heterocycles. The van der Waals surface area contributed by atoms with Crippen LogP contribution in [0.2, 0.25) is 0 Å². The Morgan fingerprint density at radius 2 is 1.56 bits per heavy atom. The zero-order valence-electron chi connectivity index (χ0n) is 6.28. The fourth-order valence-electron chi connectivity index (χ4n) is 0.516. The standard InChI is InChI=1S/C6H13F2N/c1-5(2)6(7,8)9(3)4/h5H,1-4H3. The van der Waals surface area contributed by atoms with Gasteiger partial charge in [-0.15, -0.1) is 0 Å². The molecule has 0 aliphatic rings. The van der Waals surface area contributed by atoms with Gasteiger partial charge in [-0.05, 0) is 14.1 Å². The van der Waals surface area contributed by atoms with Gasteiger partial charge in [0, 0.05) is 5.92 Å². The molecule has 0 radical (unpaired) electrons. The fraction of sp³-hybridized carbons (Fsp3) is 1.00. The van der Waals surface area contributed by atoms with Gasteiger partial charge in [-0.1, -0.05) is 13.8 Å². The third kappa shape index (κ3) is 1.90. The van der Waals surface area contributed by atoms with Crippen molar-refractivity contribution in [1.82, 2.24) is 4.90 Å². The van der Waals surface area contributed by atoms with Crippen LogP contribution in [0.5, 0.6) is 0 Å². The third-order valence-electron chi connectivity index (χ3n) is 1.29. The van der Waals surface area contributed by atoms with Gasteiger partial charge in [0.2, 0.25) is 0 Å². The monoisotopic (exact) mass is 137 g/mol. The summed E-state index contributed by atoms with van der Waals surface area (Å²) in [5.74, 6) is -0.618. The van der Waals surface area contributed by atoms with Gasteiger partial charge in [0.25, 0.3) is 0 Å². The first kappa shape index (κ1) is 8.82. The lowest BCUT2D eigenvalue weighted by Crippen LogP contribution is -2.39. The average molecular weight is 137 g/mol. The van der Waals surface area contributed by atoms with E-state index in [1.165, 1.54) is 27.9 Å². The molecule has 0 unspecified atom stereocenters. The number of alkyl halides is 2. The molecule has 56 valence electrons. The minimum absolute atomic E-state index is 0.618. The summed E-state index contributed by atoms with van der Waals surface area (Å²) in [6.45, 7) is 3.00. The van der Waals surface area contributed by atoms with E-state index in [9.17, 15) is 8.78 Å². The van der Waals surface area contributed by atoms with Gasteiger partial charge in [0.1, 0.15) is 0 Å². The highest BCUT2D eigenvalue weighted by molar-refractivity contribution is 4.65. The summed E-state index contributed by atoms with van der Waals surface area (Å²) in [5, 5.41) is 0. The van der Waals surface area contributed by atoms with E-state index in [0.717, 1.165) is 4.90 Å². The molecule has 9 heavy (non-hydrogen) atoms. The lowest BCUT2D eigenvalue weighted by atomic mass is 10.2. The number of hydrogen-bond acceptors (Lipinski definition) is 1. The Labute approximate surface area is 54.7 Å². The van der Waals surface area contributed by atoms with E-state index in [2.05, 4.69) is 0 Å². The largest absolute Gasteiger partial charge is 0.306 e. The number of nitrogens with zero attached hydrogens (tertiary/aromatic N) is 1. The Kier molecular flexibility index (Phi) is 2.55. The molecule has 0 saturated heterocycles. The van der Waals surface area contributed by atoms with Crippen molar-refractivity contribution >= 4 is 0 Å². The first-order valence-corrected chi connectivity index (χ1v) is 2.94. The topological polar surface area (TPSA) is 3.24 Å². The van der Waals surface area contributed by atoms with Crippen molar-refractivity contribution in [2.45, 2.75) is 19.9 Å². The van der Waals surface area contributed by atoms with Crippen molar-refractivity contribution < 1.29 is 8.78 Å². The molecule has 0 aromatic carbocycles. The molecule has 0 N–H and O–H groups in total. The minimum atomic E-state index is -2.67. The Bertz CT molecular complexity index is 79.1. The highest BCUT2D eigenvalue weighted by Crippen LogP contribution is 2.25. The Hall–Kier alpha value is -0.180. The van der Waals surface area contributed by atoms with Crippen LogP contribution in [-0.4, -0.2) is 25.0 Å². The van der Waals surface area contributed by atoms with Gasteiger partial charge in [0.15, 0.2) is 0 Å². The molecule has 0 aliphatic carbocycles.